The van der Waals surface area contributed by atoms with E-state index >= 15 is 0 Å². The summed E-state index contributed by atoms with van der Waals surface area (Å²) in [6.45, 7) is 8.97. The van der Waals surface area contributed by atoms with E-state index in [-0.39, 0.29) is 34.7 Å². The van der Waals surface area contributed by atoms with Crippen molar-refractivity contribution in [3.05, 3.63) is 13.8 Å². The first-order valence-electron chi connectivity index (χ1n) is 2.96. The van der Waals surface area contributed by atoms with Gasteiger partial charge < -0.3 is 13.8 Å². The zero-order valence-electron chi connectivity index (χ0n) is 6.72. The van der Waals surface area contributed by atoms with Gasteiger partial charge in [-0.1, -0.05) is 11.8 Å². The quantitative estimate of drug-likeness (QED) is 0.400. The van der Waals surface area contributed by atoms with Crippen LogP contribution in [0.25, 0.3) is 0 Å². The standard InChI is InChI=1S/C7H12OS.Na/c1-4-7(5-2)9-6(3)8;/h7H,1-2,4-5H2,3H3;/q-2;+1. The Labute approximate surface area is 89.6 Å². The number of carbonyl (C=O) groups excluding carboxylic acids is 1. The molecule has 0 bridgehead atoms. The summed E-state index contributed by atoms with van der Waals surface area (Å²) in [5, 5.41) is 0.481. The van der Waals surface area contributed by atoms with Crippen LogP contribution in [0.1, 0.15) is 19.8 Å². The molecule has 0 saturated carbocycles. The third-order valence-electron chi connectivity index (χ3n) is 0.977. The van der Waals surface area contributed by atoms with Gasteiger partial charge >= 0.3 is 29.6 Å². The number of hydrogen-bond acceptors (Lipinski definition) is 2. The molecule has 0 fully saturated rings. The van der Waals surface area contributed by atoms with Gasteiger partial charge in [0.05, 0.1) is 0 Å². The second-order valence-electron chi connectivity index (χ2n) is 1.81. The molecule has 54 valence electrons. The SMILES string of the molecule is [CH2-]CC(C[CH2-])SC(C)=O.[Na+]. The second kappa shape index (κ2) is 8.12. The van der Waals surface area contributed by atoms with Crippen molar-refractivity contribution in [2.45, 2.75) is 25.0 Å². The maximum Gasteiger partial charge on any atom is 1.00 e. The minimum absolute atomic E-state index is 0. The average Bonchev–Trinajstić information content (AvgIpc) is 1.82. The van der Waals surface area contributed by atoms with Crippen molar-refractivity contribution in [3.8, 4) is 0 Å². The average molecular weight is 167 g/mol. The maximum absolute atomic E-state index is 10.5. The van der Waals surface area contributed by atoms with Crippen LogP contribution in [0, 0.1) is 13.8 Å². The summed E-state index contributed by atoms with van der Waals surface area (Å²) < 4.78 is 0. The molecule has 0 radical (unpaired) electrons. The molecule has 10 heavy (non-hydrogen) atoms. The van der Waals surface area contributed by atoms with E-state index in [1.165, 1.54) is 11.8 Å². The Morgan fingerprint density at radius 2 is 1.90 bits per heavy atom. The smallest absolute Gasteiger partial charge is 0.342 e. The number of hydrogen-bond donors (Lipinski definition) is 0. The van der Waals surface area contributed by atoms with E-state index in [1.807, 2.05) is 0 Å². The van der Waals surface area contributed by atoms with E-state index in [0.29, 0.717) is 5.25 Å². The molecule has 0 spiro atoms. The molecule has 0 aromatic rings. The van der Waals surface area contributed by atoms with Gasteiger partial charge in [-0.05, 0) is 5.25 Å². The summed E-state index contributed by atoms with van der Waals surface area (Å²) in [7, 11) is 0. The molecule has 0 aliphatic heterocycles. The summed E-state index contributed by atoms with van der Waals surface area (Å²) in [6, 6.07) is 0. The van der Waals surface area contributed by atoms with E-state index in [1.54, 1.807) is 6.92 Å². The first-order chi connectivity index (χ1) is 4.20. The molecule has 0 atom stereocenters. The largest absolute Gasteiger partial charge is 1.00 e. The summed E-state index contributed by atoms with van der Waals surface area (Å²) in [5.74, 6) is 0. The van der Waals surface area contributed by atoms with Crippen LogP contribution in [0.3, 0.4) is 0 Å². The third kappa shape index (κ3) is 7.13. The van der Waals surface area contributed by atoms with E-state index < -0.39 is 0 Å². The van der Waals surface area contributed by atoms with Gasteiger partial charge in [0, 0.05) is 6.92 Å². The molecular formula is C7H12NaOS-. The summed E-state index contributed by atoms with van der Waals surface area (Å²) in [4.78, 5) is 10.5. The normalized spacial score (nSPS) is 9.20. The zero-order valence-corrected chi connectivity index (χ0v) is 9.54. The minimum Gasteiger partial charge on any atom is -0.342 e. The molecule has 0 N–H and O–H groups in total. The van der Waals surface area contributed by atoms with E-state index in [2.05, 4.69) is 13.8 Å². The molecule has 0 heterocycles. The maximum atomic E-state index is 10.5. The van der Waals surface area contributed by atoms with Crippen LogP contribution >= 0.6 is 11.8 Å². The fourth-order valence-electron chi connectivity index (χ4n) is 0.497. The Kier molecular flexibility index (Phi) is 11.0. The van der Waals surface area contributed by atoms with Gasteiger partial charge in [0.25, 0.3) is 0 Å². The van der Waals surface area contributed by atoms with Crippen molar-refractivity contribution in [1.29, 1.82) is 0 Å². The number of thioether (sulfide) groups is 1. The van der Waals surface area contributed by atoms with Crippen LogP contribution in [0.5, 0.6) is 0 Å². The molecule has 0 unspecified atom stereocenters. The van der Waals surface area contributed by atoms with Crippen LogP contribution in [-0.4, -0.2) is 10.4 Å². The van der Waals surface area contributed by atoms with Crippen molar-refractivity contribution in [2.75, 3.05) is 0 Å². The van der Waals surface area contributed by atoms with Gasteiger partial charge in [0.2, 0.25) is 0 Å². The monoisotopic (exact) mass is 167 g/mol. The molecule has 0 rings (SSSR count). The topological polar surface area (TPSA) is 17.1 Å². The Morgan fingerprint density at radius 1 is 1.50 bits per heavy atom. The minimum atomic E-state index is 0. The number of carbonyl (C=O) groups is 1. The van der Waals surface area contributed by atoms with E-state index in [0.717, 1.165) is 12.8 Å². The van der Waals surface area contributed by atoms with Gasteiger partial charge in [-0.3, -0.25) is 4.79 Å². The molecule has 1 nitrogen and oxygen atoms in total. The first-order valence-corrected chi connectivity index (χ1v) is 3.84. The van der Waals surface area contributed by atoms with Gasteiger partial charge in [0.15, 0.2) is 5.12 Å². The molecule has 0 aromatic heterocycles. The molecular weight excluding hydrogens is 155 g/mol. The Balaban J connectivity index is 0. The molecule has 0 aromatic carbocycles. The zero-order chi connectivity index (χ0) is 7.28. The fraction of sp³-hybridized carbons (Fsp3) is 0.571. The van der Waals surface area contributed by atoms with Crippen molar-refractivity contribution in [3.63, 3.8) is 0 Å². The number of rotatable bonds is 3. The fourth-order valence-corrected chi connectivity index (χ4v) is 1.20. The van der Waals surface area contributed by atoms with Crippen molar-refractivity contribution in [1.82, 2.24) is 0 Å². The Hall–Kier alpha value is 1.02. The van der Waals surface area contributed by atoms with Gasteiger partial charge in [-0.25, -0.2) is 0 Å². The third-order valence-corrected chi connectivity index (χ3v) is 2.11. The molecule has 0 amide bonds. The van der Waals surface area contributed by atoms with Crippen molar-refractivity contribution in [2.24, 2.45) is 0 Å². The van der Waals surface area contributed by atoms with Crippen LogP contribution < -0.4 is 29.6 Å². The molecule has 0 aliphatic carbocycles. The van der Waals surface area contributed by atoms with Gasteiger partial charge in [-0.2, -0.15) is 12.8 Å². The predicted molar refractivity (Wildman–Crippen MR) is 42.0 cm³/mol. The van der Waals surface area contributed by atoms with Crippen LogP contribution in [0.15, 0.2) is 0 Å². The van der Waals surface area contributed by atoms with E-state index in [4.69, 9.17) is 0 Å². The van der Waals surface area contributed by atoms with Gasteiger partial charge in [0.1, 0.15) is 0 Å². The summed E-state index contributed by atoms with van der Waals surface area (Å²) >= 11 is 1.34. The summed E-state index contributed by atoms with van der Waals surface area (Å²) in [5.41, 5.74) is 0. The van der Waals surface area contributed by atoms with Crippen molar-refractivity contribution < 1.29 is 34.4 Å². The second-order valence-corrected chi connectivity index (χ2v) is 3.29. The predicted octanol–water partition coefficient (Wildman–Crippen LogP) is -0.913. The van der Waals surface area contributed by atoms with Crippen molar-refractivity contribution >= 4 is 16.9 Å². The van der Waals surface area contributed by atoms with Crippen LogP contribution in [0.4, 0.5) is 0 Å². The molecule has 3 heteroatoms. The summed E-state index contributed by atoms with van der Waals surface area (Å²) in [6.07, 6.45) is 1.57. The Morgan fingerprint density at radius 3 is 2.00 bits per heavy atom. The van der Waals surface area contributed by atoms with Gasteiger partial charge in [-0.15, -0.1) is 0 Å². The molecule has 0 aliphatic rings. The first kappa shape index (κ1) is 13.6. The molecule has 0 saturated heterocycles. The van der Waals surface area contributed by atoms with Crippen LogP contribution in [0.2, 0.25) is 0 Å². The Bertz CT molecular complexity index is 91.6. The van der Waals surface area contributed by atoms with E-state index in [9.17, 15) is 4.79 Å². The van der Waals surface area contributed by atoms with Crippen LogP contribution in [-0.2, 0) is 4.79 Å².